The summed E-state index contributed by atoms with van der Waals surface area (Å²) in [5.74, 6) is -0.0246. The summed E-state index contributed by atoms with van der Waals surface area (Å²) in [5, 5.41) is 3.40. The van der Waals surface area contributed by atoms with Crippen LogP contribution < -0.4 is 0 Å². The van der Waals surface area contributed by atoms with Crippen molar-refractivity contribution in [1.82, 2.24) is 4.90 Å². The Kier molecular flexibility index (Phi) is 7.89. The monoisotopic (exact) mass is 226 g/mol. The molecule has 0 saturated carbocycles. The van der Waals surface area contributed by atoms with Crippen molar-refractivity contribution in [2.45, 2.75) is 38.6 Å². The summed E-state index contributed by atoms with van der Waals surface area (Å²) < 4.78 is 0. The fourth-order valence-electron chi connectivity index (χ4n) is 1.18. The summed E-state index contributed by atoms with van der Waals surface area (Å²) in [6, 6.07) is -0.365. The number of hydrogen-bond donors (Lipinski definition) is 0. The second kappa shape index (κ2) is 8.73. The lowest BCUT2D eigenvalue weighted by Gasteiger charge is -2.20. The minimum atomic E-state index is -0.365. The Morgan fingerprint density at radius 1 is 1.50 bits per heavy atom. The summed E-state index contributed by atoms with van der Waals surface area (Å²) in [6.07, 6.45) is 3.60. The number of likely N-dealkylation sites (N-methyl/N-ethyl adjacent to an activating group) is 1. The highest BCUT2D eigenvalue weighted by Gasteiger charge is 2.13. The normalized spacial score (nSPS) is 11.4. The van der Waals surface area contributed by atoms with Crippen LogP contribution in [0, 0.1) is 0 Å². The highest BCUT2D eigenvalue weighted by molar-refractivity contribution is 5.79. The number of amides is 1. The highest BCUT2D eigenvalue weighted by atomic mass is 16.2. The highest BCUT2D eigenvalue weighted by Crippen LogP contribution is 2.04. The van der Waals surface area contributed by atoms with Gasteiger partial charge in [-0.15, -0.1) is 0 Å². The Hall–Kier alpha value is -1.55. The maximum Gasteiger partial charge on any atom is 0.222 e. The summed E-state index contributed by atoms with van der Waals surface area (Å²) in [6.45, 7) is 2.16. The lowest BCUT2D eigenvalue weighted by atomic mass is 10.1. The molecule has 16 heavy (non-hydrogen) atoms. The van der Waals surface area contributed by atoms with Crippen LogP contribution in [-0.4, -0.2) is 36.7 Å². The fourth-order valence-corrected chi connectivity index (χ4v) is 1.18. The maximum atomic E-state index is 11.5. The van der Waals surface area contributed by atoms with Gasteiger partial charge in [0.15, 0.2) is 0 Å². The Bertz CT molecular complexity index is 274. The summed E-state index contributed by atoms with van der Waals surface area (Å²) in [7, 11) is 1.63. The van der Waals surface area contributed by atoms with Crippen LogP contribution in [0.3, 0.4) is 0 Å². The zero-order chi connectivity index (χ0) is 12.4. The summed E-state index contributed by atoms with van der Waals surface area (Å²) in [4.78, 5) is 26.1. The van der Waals surface area contributed by atoms with Crippen LogP contribution in [-0.2, 0) is 9.59 Å². The molecule has 0 N–H and O–H groups in total. The number of nitrogens with zero attached hydrogens (tertiary/aromatic N) is 4. The van der Waals surface area contributed by atoms with Gasteiger partial charge in [0.2, 0.25) is 5.91 Å². The van der Waals surface area contributed by atoms with E-state index in [1.165, 1.54) is 4.90 Å². The van der Waals surface area contributed by atoms with Gasteiger partial charge in [-0.1, -0.05) is 11.5 Å². The third kappa shape index (κ3) is 6.03. The molecule has 1 atom stereocenters. The van der Waals surface area contributed by atoms with E-state index in [1.807, 2.05) is 0 Å². The van der Waals surface area contributed by atoms with Crippen LogP contribution in [0.15, 0.2) is 5.11 Å². The third-order valence-electron chi connectivity index (χ3n) is 2.41. The minimum Gasteiger partial charge on any atom is -0.336 e. The van der Waals surface area contributed by atoms with Crippen molar-refractivity contribution in [2.75, 3.05) is 13.6 Å². The standard InChI is InChI=1S/C10H18N4O2/c1-9(8-15)14(2)10(16)6-4-3-5-7-12-13-11/h8-9H,3-7H2,1-2H3/t9-/m0/s1. The Balaban J connectivity index is 3.64. The molecule has 0 heterocycles. The molecule has 6 nitrogen and oxygen atoms in total. The Morgan fingerprint density at radius 2 is 2.19 bits per heavy atom. The molecular weight excluding hydrogens is 208 g/mol. The smallest absolute Gasteiger partial charge is 0.222 e. The van der Waals surface area contributed by atoms with Gasteiger partial charge in [-0.2, -0.15) is 0 Å². The number of carbonyl (C=O) groups excluding carboxylic acids is 2. The van der Waals surface area contributed by atoms with Crippen LogP contribution in [0.4, 0.5) is 0 Å². The topological polar surface area (TPSA) is 86.1 Å². The van der Waals surface area contributed by atoms with Crippen molar-refractivity contribution in [3.05, 3.63) is 10.4 Å². The van der Waals surface area contributed by atoms with Gasteiger partial charge in [0.05, 0.1) is 6.04 Å². The van der Waals surface area contributed by atoms with E-state index in [9.17, 15) is 9.59 Å². The first kappa shape index (κ1) is 14.5. The molecule has 0 aromatic heterocycles. The number of hydrogen-bond acceptors (Lipinski definition) is 3. The van der Waals surface area contributed by atoms with E-state index in [0.29, 0.717) is 13.0 Å². The average molecular weight is 226 g/mol. The van der Waals surface area contributed by atoms with Gasteiger partial charge in [-0.05, 0) is 25.3 Å². The molecule has 1 amide bonds. The average Bonchev–Trinajstić information content (AvgIpc) is 2.31. The lowest BCUT2D eigenvalue weighted by Crippen LogP contribution is -2.35. The van der Waals surface area contributed by atoms with Crippen LogP contribution in [0.25, 0.3) is 10.4 Å². The third-order valence-corrected chi connectivity index (χ3v) is 2.41. The SMILES string of the molecule is C[C@@H](C=O)N(C)C(=O)CCCCCN=[N+]=[N-]. The first-order chi connectivity index (χ1) is 7.63. The largest absolute Gasteiger partial charge is 0.336 e. The van der Waals surface area contributed by atoms with Crippen molar-refractivity contribution in [3.63, 3.8) is 0 Å². The van der Waals surface area contributed by atoms with Crippen molar-refractivity contribution >= 4 is 12.2 Å². The van der Waals surface area contributed by atoms with Crippen LogP contribution in [0.1, 0.15) is 32.6 Å². The van der Waals surface area contributed by atoms with Gasteiger partial charge in [0.25, 0.3) is 0 Å². The van der Waals surface area contributed by atoms with E-state index in [2.05, 4.69) is 10.0 Å². The lowest BCUT2D eigenvalue weighted by molar-refractivity contribution is -0.134. The number of unbranched alkanes of at least 4 members (excludes halogenated alkanes) is 2. The molecule has 0 aliphatic rings. The number of carbonyl (C=O) groups is 2. The molecule has 0 radical (unpaired) electrons. The van der Waals surface area contributed by atoms with Gasteiger partial charge in [-0.3, -0.25) is 4.79 Å². The van der Waals surface area contributed by atoms with Crippen molar-refractivity contribution in [3.8, 4) is 0 Å². The van der Waals surface area contributed by atoms with Crippen LogP contribution >= 0.6 is 0 Å². The van der Waals surface area contributed by atoms with E-state index in [-0.39, 0.29) is 11.9 Å². The first-order valence-corrected chi connectivity index (χ1v) is 5.35. The molecule has 6 heteroatoms. The second-order valence-electron chi connectivity index (χ2n) is 3.65. The van der Waals surface area contributed by atoms with Gasteiger partial charge in [0, 0.05) is 24.9 Å². The Morgan fingerprint density at radius 3 is 2.75 bits per heavy atom. The first-order valence-electron chi connectivity index (χ1n) is 5.35. The molecule has 0 spiro atoms. The Labute approximate surface area is 95.2 Å². The van der Waals surface area contributed by atoms with E-state index in [1.54, 1.807) is 14.0 Å². The van der Waals surface area contributed by atoms with Gasteiger partial charge < -0.3 is 9.69 Å². The number of azide groups is 1. The van der Waals surface area contributed by atoms with Gasteiger partial charge in [0.1, 0.15) is 6.29 Å². The van der Waals surface area contributed by atoms with E-state index in [4.69, 9.17) is 5.53 Å². The molecule has 90 valence electrons. The van der Waals surface area contributed by atoms with E-state index < -0.39 is 0 Å². The van der Waals surface area contributed by atoms with E-state index in [0.717, 1.165) is 25.5 Å². The molecule has 0 aromatic carbocycles. The zero-order valence-corrected chi connectivity index (χ0v) is 9.80. The van der Waals surface area contributed by atoms with Crippen molar-refractivity contribution < 1.29 is 9.59 Å². The molecular formula is C10H18N4O2. The molecule has 0 saturated heterocycles. The maximum absolute atomic E-state index is 11.5. The molecule has 0 aromatic rings. The van der Waals surface area contributed by atoms with Crippen LogP contribution in [0.2, 0.25) is 0 Å². The van der Waals surface area contributed by atoms with E-state index >= 15 is 0 Å². The molecule has 0 bridgehead atoms. The molecule has 0 unspecified atom stereocenters. The molecule has 0 aliphatic carbocycles. The predicted octanol–water partition coefficient (Wildman–Crippen LogP) is 1.90. The number of rotatable bonds is 8. The zero-order valence-electron chi connectivity index (χ0n) is 9.80. The number of aldehydes is 1. The fraction of sp³-hybridized carbons (Fsp3) is 0.800. The van der Waals surface area contributed by atoms with Gasteiger partial charge in [-0.25, -0.2) is 0 Å². The predicted molar refractivity (Wildman–Crippen MR) is 60.8 cm³/mol. The van der Waals surface area contributed by atoms with Crippen molar-refractivity contribution in [1.29, 1.82) is 0 Å². The van der Waals surface area contributed by atoms with Crippen LogP contribution in [0.5, 0.6) is 0 Å². The molecule has 0 fully saturated rings. The summed E-state index contributed by atoms with van der Waals surface area (Å²) >= 11 is 0. The quantitative estimate of drug-likeness (QED) is 0.208. The molecule has 0 aliphatic heterocycles. The summed E-state index contributed by atoms with van der Waals surface area (Å²) in [5.41, 5.74) is 8.04. The van der Waals surface area contributed by atoms with Gasteiger partial charge >= 0.3 is 0 Å². The minimum absolute atomic E-state index is 0.0246. The second-order valence-corrected chi connectivity index (χ2v) is 3.65. The molecule has 0 rings (SSSR count). The van der Waals surface area contributed by atoms with Crippen molar-refractivity contribution in [2.24, 2.45) is 5.11 Å².